The normalized spacial score (nSPS) is 10.7. The van der Waals surface area contributed by atoms with Gasteiger partial charge < -0.3 is 10.1 Å². The van der Waals surface area contributed by atoms with Gasteiger partial charge in [0.25, 0.3) is 0 Å². The number of nitrogens with one attached hydrogen (secondary N) is 1. The van der Waals surface area contributed by atoms with Crippen LogP contribution in [0.2, 0.25) is 5.02 Å². The highest BCUT2D eigenvalue weighted by Crippen LogP contribution is 2.33. The fourth-order valence-electron chi connectivity index (χ4n) is 2.99. The van der Waals surface area contributed by atoms with Crippen LogP contribution in [0.25, 0.3) is 22.0 Å². The Bertz CT molecular complexity index is 1060. The van der Waals surface area contributed by atoms with Crippen LogP contribution in [-0.4, -0.2) is 12.1 Å². The van der Waals surface area contributed by atoms with E-state index in [-0.39, 0.29) is 0 Å². The predicted octanol–water partition coefficient (Wildman–Crippen LogP) is 6.31. The Kier molecular flexibility index (Phi) is 4.46. The molecular weight excluding hydrogens is 344 g/mol. The van der Waals surface area contributed by atoms with Crippen molar-refractivity contribution in [1.82, 2.24) is 4.98 Å². The second kappa shape index (κ2) is 7.06. The zero-order chi connectivity index (χ0) is 17.9. The lowest BCUT2D eigenvalue weighted by Crippen LogP contribution is -1.98. The van der Waals surface area contributed by atoms with Gasteiger partial charge in [0.1, 0.15) is 11.6 Å². The van der Waals surface area contributed by atoms with E-state index in [9.17, 15) is 0 Å². The molecule has 0 bridgehead atoms. The summed E-state index contributed by atoms with van der Waals surface area (Å²) < 4.78 is 5.43. The average Bonchev–Trinajstić information content (AvgIpc) is 2.68. The summed E-state index contributed by atoms with van der Waals surface area (Å²) in [4.78, 5) is 4.76. The van der Waals surface area contributed by atoms with E-state index in [0.29, 0.717) is 0 Å². The molecule has 0 amide bonds. The van der Waals surface area contributed by atoms with Crippen molar-refractivity contribution in [2.75, 3.05) is 12.4 Å². The summed E-state index contributed by atoms with van der Waals surface area (Å²) in [7, 11) is 1.66. The van der Waals surface area contributed by atoms with E-state index in [2.05, 4.69) is 17.4 Å². The van der Waals surface area contributed by atoms with E-state index in [0.717, 1.165) is 44.3 Å². The fourth-order valence-corrected chi connectivity index (χ4v) is 3.12. The minimum atomic E-state index is 0.722. The molecule has 1 aromatic heterocycles. The van der Waals surface area contributed by atoms with E-state index in [1.54, 1.807) is 7.11 Å². The molecule has 4 aromatic rings. The van der Waals surface area contributed by atoms with Gasteiger partial charge >= 0.3 is 0 Å². The molecule has 0 saturated heterocycles. The van der Waals surface area contributed by atoms with Crippen molar-refractivity contribution in [3.8, 4) is 16.9 Å². The summed E-state index contributed by atoms with van der Waals surface area (Å²) in [5.41, 5.74) is 4.00. The van der Waals surface area contributed by atoms with Crippen molar-refractivity contribution in [2.45, 2.75) is 0 Å². The minimum absolute atomic E-state index is 0.722. The first-order valence-electron chi connectivity index (χ1n) is 8.30. The van der Waals surface area contributed by atoms with Crippen molar-refractivity contribution in [3.63, 3.8) is 0 Å². The predicted molar refractivity (Wildman–Crippen MR) is 108 cm³/mol. The first-order chi connectivity index (χ1) is 12.7. The number of pyridine rings is 1. The van der Waals surface area contributed by atoms with Crippen molar-refractivity contribution in [3.05, 3.63) is 83.9 Å². The first-order valence-corrected chi connectivity index (χ1v) is 8.68. The van der Waals surface area contributed by atoms with Gasteiger partial charge in [-0.2, -0.15) is 0 Å². The van der Waals surface area contributed by atoms with Crippen molar-refractivity contribution >= 4 is 34.0 Å². The summed E-state index contributed by atoms with van der Waals surface area (Å²) >= 11 is 6.05. The van der Waals surface area contributed by atoms with E-state index in [4.69, 9.17) is 21.3 Å². The number of methoxy groups -OCH3 is 1. The number of rotatable bonds is 4. The molecule has 4 heteroatoms. The smallest absolute Gasteiger partial charge is 0.142 e. The van der Waals surface area contributed by atoms with Crippen LogP contribution >= 0.6 is 11.6 Å². The maximum Gasteiger partial charge on any atom is 0.142 e. The van der Waals surface area contributed by atoms with Gasteiger partial charge in [-0.3, -0.25) is 0 Å². The molecule has 3 nitrogen and oxygen atoms in total. The molecule has 128 valence electrons. The number of fused-ring (bicyclic) bond motifs is 1. The average molecular weight is 361 g/mol. The van der Waals surface area contributed by atoms with E-state index in [1.165, 1.54) is 0 Å². The van der Waals surface area contributed by atoms with Crippen LogP contribution in [0, 0.1) is 0 Å². The Morgan fingerprint density at radius 2 is 1.62 bits per heavy atom. The molecule has 0 aliphatic heterocycles. The van der Waals surface area contributed by atoms with Gasteiger partial charge in [0.05, 0.1) is 18.3 Å². The third kappa shape index (κ3) is 3.22. The second-order valence-electron chi connectivity index (χ2n) is 5.90. The minimum Gasteiger partial charge on any atom is -0.495 e. The van der Waals surface area contributed by atoms with Crippen LogP contribution in [-0.2, 0) is 0 Å². The molecule has 0 radical (unpaired) electrons. The lowest BCUT2D eigenvalue weighted by molar-refractivity contribution is 0.417. The number of hydrogen-bond donors (Lipinski definition) is 1. The molecule has 1 heterocycles. The lowest BCUT2D eigenvalue weighted by atomic mass is 10.0. The Labute approximate surface area is 157 Å². The van der Waals surface area contributed by atoms with Crippen LogP contribution in [0.5, 0.6) is 5.75 Å². The van der Waals surface area contributed by atoms with Gasteiger partial charge in [0.15, 0.2) is 0 Å². The molecule has 0 fully saturated rings. The van der Waals surface area contributed by atoms with Gasteiger partial charge in [0, 0.05) is 10.4 Å². The van der Waals surface area contributed by atoms with Crippen molar-refractivity contribution in [1.29, 1.82) is 0 Å². The molecule has 0 unspecified atom stereocenters. The zero-order valence-corrected chi connectivity index (χ0v) is 15.0. The number of hydrogen-bond acceptors (Lipinski definition) is 3. The van der Waals surface area contributed by atoms with Gasteiger partial charge in [-0.15, -0.1) is 0 Å². The van der Waals surface area contributed by atoms with E-state index >= 15 is 0 Å². The monoisotopic (exact) mass is 360 g/mol. The van der Waals surface area contributed by atoms with Crippen LogP contribution in [0.1, 0.15) is 0 Å². The number of anilines is 2. The second-order valence-corrected chi connectivity index (χ2v) is 6.34. The summed E-state index contributed by atoms with van der Waals surface area (Å²) in [6, 6.07) is 25.8. The zero-order valence-electron chi connectivity index (χ0n) is 14.2. The standard InChI is InChI=1S/C22H17ClN2O/c1-26-21-9-5-4-8-20(21)25-22-14-18(15-10-12-16(23)13-11-15)17-6-2-3-7-19(17)24-22/h2-14H,1H3,(H,24,25). The lowest BCUT2D eigenvalue weighted by Gasteiger charge is -2.13. The van der Waals surface area contributed by atoms with Gasteiger partial charge in [-0.25, -0.2) is 4.98 Å². The molecule has 0 aliphatic rings. The number of halogens is 1. The van der Waals surface area contributed by atoms with Crippen molar-refractivity contribution < 1.29 is 4.74 Å². The number of benzene rings is 3. The summed E-state index contributed by atoms with van der Waals surface area (Å²) in [5, 5.41) is 5.19. The molecule has 4 rings (SSSR count). The first kappa shape index (κ1) is 16.4. The van der Waals surface area contributed by atoms with E-state index in [1.807, 2.05) is 66.7 Å². The highest BCUT2D eigenvalue weighted by molar-refractivity contribution is 6.30. The molecule has 0 saturated carbocycles. The molecule has 1 N–H and O–H groups in total. The number of para-hydroxylation sites is 3. The molecule has 26 heavy (non-hydrogen) atoms. The fraction of sp³-hybridized carbons (Fsp3) is 0.0455. The Hall–Kier alpha value is -3.04. The quantitative estimate of drug-likeness (QED) is 0.463. The number of nitrogens with zero attached hydrogens (tertiary/aromatic N) is 1. The molecule has 3 aromatic carbocycles. The van der Waals surface area contributed by atoms with Crippen LogP contribution < -0.4 is 10.1 Å². The van der Waals surface area contributed by atoms with Gasteiger partial charge in [-0.1, -0.05) is 54.1 Å². The maximum atomic E-state index is 6.05. The van der Waals surface area contributed by atoms with Gasteiger partial charge in [-0.05, 0) is 47.5 Å². The number of ether oxygens (including phenoxy) is 1. The topological polar surface area (TPSA) is 34.1 Å². The number of aromatic nitrogens is 1. The van der Waals surface area contributed by atoms with Crippen molar-refractivity contribution in [2.24, 2.45) is 0 Å². The Morgan fingerprint density at radius 1 is 0.885 bits per heavy atom. The van der Waals surface area contributed by atoms with Gasteiger partial charge in [0.2, 0.25) is 0 Å². The molecule has 0 aliphatic carbocycles. The third-order valence-electron chi connectivity index (χ3n) is 4.24. The SMILES string of the molecule is COc1ccccc1Nc1cc(-c2ccc(Cl)cc2)c2ccccc2n1. The molecular formula is C22H17ClN2O. The Balaban J connectivity index is 1.85. The molecule has 0 spiro atoms. The largest absolute Gasteiger partial charge is 0.495 e. The summed E-state index contributed by atoms with van der Waals surface area (Å²) in [6.45, 7) is 0. The summed E-state index contributed by atoms with van der Waals surface area (Å²) in [5.74, 6) is 1.54. The van der Waals surface area contributed by atoms with Crippen LogP contribution in [0.4, 0.5) is 11.5 Å². The summed E-state index contributed by atoms with van der Waals surface area (Å²) in [6.07, 6.45) is 0. The highest BCUT2D eigenvalue weighted by atomic mass is 35.5. The highest BCUT2D eigenvalue weighted by Gasteiger charge is 2.10. The van der Waals surface area contributed by atoms with Crippen LogP contribution in [0.3, 0.4) is 0 Å². The van der Waals surface area contributed by atoms with E-state index < -0.39 is 0 Å². The van der Waals surface area contributed by atoms with Crippen LogP contribution in [0.15, 0.2) is 78.9 Å². The molecule has 0 atom stereocenters. The Morgan fingerprint density at radius 3 is 2.42 bits per heavy atom. The third-order valence-corrected chi connectivity index (χ3v) is 4.49. The maximum absolute atomic E-state index is 6.05.